The quantitative estimate of drug-likeness (QED) is 0.805. The van der Waals surface area contributed by atoms with Gasteiger partial charge in [0, 0.05) is 6.54 Å². The lowest BCUT2D eigenvalue weighted by Gasteiger charge is -2.13. The average Bonchev–Trinajstić information content (AvgIpc) is 2.84. The molecule has 0 fully saturated rings. The van der Waals surface area contributed by atoms with Gasteiger partial charge in [0.15, 0.2) is 10.4 Å². The largest absolute Gasteiger partial charge is 0.444 e. The Hall–Kier alpha value is -1.30. The average molecular weight is 331 g/mol. The Morgan fingerprint density at radius 1 is 1.26 bits per heavy atom. The number of halogens is 1. The first-order valence-corrected chi connectivity index (χ1v) is 7.16. The number of rotatable bonds is 7. The predicted octanol–water partition coefficient (Wildman–Crippen LogP) is 2.32. The summed E-state index contributed by atoms with van der Waals surface area (Å²) in [6, 6.07) is 3.17. The molecular weight excluding hydrogens is 312 g/mol. The van der Waals surface area contributed by atoms with Crippen LogP contribution in [0.4, 0.5) is 0 Å². The van der Waals surface area contributed by atoms with Crippen LogP contribution in [0.1, 0.15) is 37.2 Å². The number of hydrogen-bond acceptors (Lipinski definition) is 3. The molecule has 0 unspecified atom stereocenters. The van der Waals surface area contributed by atoms with E-state index >= 15 is 0 Å². The number of carbonyl (C=O) groups excluding carboxylic acids is 2. The van der Waals surface area contributed by atoms with Gasteiger partial charge in [0.1, 0.15) is 0 Å². The molecule has 1 aromatic rings. The summed E-state index contributed by atoms with van der Waals surface area (Å²) in [5.41, 5.74) is 0. The molecule has 0 aromatic carbocycles. The first kappa shape index (κ1) is 15.8. The Morgan fingerprint density at radius 2 is 1.95 bits per heavy atom. The topological polar surface area (TPSA) is 71.3 Å². The second kappa shape index (κ2) is 7.99. The van der Waals surface area contributed by atoms with E-state index in [-0.39, 0.29) is 18.2 Å². The van der Waals surface area contributed by atoms with Crippen LogP contribution < -0.4 is 10.6 Å². The standard InChI is InChI=1S/C13H19BrN2O3/c1-3-9(4-2)7-15-12(17)8-16-13(18)10-5-6-11(14)19-10/h5-6,9H,3-4,7-8H2,1-2H3,(H,15,17)(H,16,18). The minimum absolute atomic E-state index is 0.0443. The van der Waals surface area contributed by atoms with Crippen LogP contribution in [0.5, 0.6) is 0 Å². The highest BCUT2D eigenvalue weighted by atomic mass is 79.9. The van der Waals surface area contributed by atoms with Gasteiger partial charge in [-0.3, -0.25) is 9.59 Å². The van der Waals surface area contributed by atoms with Crippen molar-refractivity contribution in [1.82, 2.24) is 10.6 Å². The van der Waals surface area contributed by atoms with E-state index in [2.05, 4.69) is 40.4 Å². The Kier molecular flexibility index (Phi) is 6.62. The minimum Gasteiger partial charge on any atom is -0.444 e. The molecule has 0 spiro atoms. The van der Waals surface area contributed by atoms with E-state index in [1.54, 1.807) is 12.1 Å². The number of amides is 2. The molecule has 0 bridgehead atoms. The Morgan fingerprint density at radius 3 is 2.47 bits per heavy atom. The van der Waals surface area contributed by atoms with Gasteiger partial charge in [0.25, 0.3) is 5.91 Å². The molecule has 0 aliphatic heterocycles. The molecule has 0 radical (unpaired) electrons. The summed E-state index contributed by atoms with van der Waals surface area (Å²) in [4.78, 5) is 23.2. The maximum atomic E-state index is 11.6. The highest BCUT2D eigenvalue weighted by Crippen LogP contribution is 2.13. The third kappa shape index (κ3) is 5.46. The van der Waals surface area contributed by atoms with Crippen LogP contribution in [0, 0.1) is 5.92 Å². The van der Waals surface area contributed by atoms with Crippen molar-refractivity contribution in [2.45, 2.75) is 26.7 Å². The third-order valence-electron chi connectivity index (χ3n) is 2.95. The summed E-state index contributed by atoms with van der Waals surface area (Å²) in [6.07, 6.45) is 2.06. The smallest absolute Gasteiger partial charge is 0.287 e. The van der Waals surface area contributed by atoms with Gasteiger partial charge in [0.2, 0.25) is 5.91 Å². The van der Waals surface area contributed by atoms with Gasteiger partial charge in [-0.25, -0.2) is 0 Å². The van der Waals surface area contributed by atoms with Crippen LogP contribution in [0.2, 0.25) is 0 Å². The van der Waals surface area contributed by atoms with Crippen molar-refractivity contribution in [3.63, 3.8) is 0 Å². The number of hydrogen-bond donors (Lipinski definition) is 2. The lowest BCUT2D eigenvalue weighted by molar-refractivity contribution is -0.120. The molecule has 5 nitrogen and oxygen atoms in total. The Bertz CT molecular complexity index is 427. The SMILES string of the molecule is CCC(CC)CNC(=O)CNC(=O)c1ccc(Br)o1. The normalized spacial score (nSPS) is 10.5. The molecular formula is C13H19BrN2O3. The van der Waals surface area contributed by atoms with Crippen molar-refractivity contribution in [3.8, 4) is 0 Å². The van der Waals surface area contributed by atoms with Crippen molar-refractivity contribution >= 4 is 27.7 Å². The van der Waals surface area contributed by atoms with E-state index < -0.39 is 5.91 Å². The number of nitrogens with one attached hydrogen (secondary N) is 2. The van der Waals surface area contributed by atoms with Crippen LogP contribution in [-0.4, -0.2) is 24.9 Å². The van der Waals surface area contributed by atoms with Gasteiger partial charge in [-0.05, 0) is 34.0 Å². The van der Waals surface area contributed by atoms with Crippen molar-refractivity contribution in [1.29, 1.82) is 0 Å². The molecule has 1 heterocycles. The van der Waals surface area contributed by atoms with Crippen molar-refractivity contribution in [3.05, 3.63) is 22.6 Å². The number of furan rings is 1. The van der Waals surface area contributed by atoms with Crippen LogP contribution >= 0.6 is 15.9 Å². The minimum atomic E-state index is -0.400. The van der Waals surface area contributed by atoms with Gasteiger partial charge < -0.3 is 15.1 Å². The van der Waals surface area contributed by atoms with Crippen molar-refractivity contribution < 1.29 is 14.0 Å². The van der Waals surface area contributed by atoms with Gasteiger partial charge in [-0.1, -0.05) is 26.7 Å². The zero-order valence-electron chi connectivity index (χ0n) is 11.2. The summed E-state index contributed by atoms with van der Waals surface area (Å²) in [6.45, 7) is 4.79. The van der Waals surface area contributed by atoms with E-state index in [9.17, 15) is 9.59 Å². The molecule has 0 aliphatic carbocycles. The monoisotopic (exact) mass is 330 g/mol. The van der Waals surface area contributed by atoms with E-state index in [1.165, 1.54) is 0 Å². The van der Waals surface area contributed by atoms with Gasteiger partial charge in [-0.15, -0.1) is 0 Å². The second-order valence-corrected chi connectivity index (χ2v) is 5.05. The van der Waals surface area contributed by atoms with E-state index in [1.807, 2.05) is 0 Å². The van der Waals surface area contributed by atoms with Gasteiger partial charge >= 0.3 is 0 Å². The van der Waals surface area contributed by atoms with Crippen LogP contribution in [0.25, 0.3) is 0 Å². The molecule has 0 aliphatic rings. The molecule has 2 amide bonds. The zero-order valence-corrected chi connectivity index (χ0v) is 12.7. The molecule has 0 saturated heterocycles. The van der Waals surface area contributed by atoms with E-state index in [0.717, 1.165) is 12.8 Å². The lowest BCUT2D eigenvalue weighted by atomic mass is 10.0. The third-order valence-corrected chi connectivity index (χ3v) is 3.38. The molecule has 2 N–H and O–H groups in total. The summed E-state index contributed by atoms with van der Waals surface area (Å²) in [5.74, 6) is 0.0783. The van der Waals surface area contributed by atoms with Crippen LogP contribution in [0.3, 0.4) is 0 Å². The predicted molar refractivity (Wildman–Crippen MR) is 75.8 cm³/mol. The molecule has 0 atom stereocenters. The number of carbonyl (C=O) groups is 2. The summed E-state index contributed by atoms with van der Waals surface area (Å²) in [7, 11) is 0. The zero-order chi connectivity index (χ0) is 14.3. The Labute approximate surface area is 121 Å². The molecule has 106 valence electrons. The first-order chi connectivity index (χ1) is 9.06. The fourth-order valence-corrected chi connectivity index (χ4v) is 1.89. The van der Waals surface area contributed by atoms with Crippen LogP contribution in [-0.2, 0) is 4.79 Å². The van der Waals surface area contributed by atoms with Gasteiger partial charge in [0.05, 0.1) is 6.54 Å². The van der Waals surface area contributed by atoms with Crippen molar-refractivity contribution in [2.75, 3.05) is 13.1 Å². The summed E-state index contributed by atoms with van der Waals surface area (Å²) < 4.78 is 5.57. The molecule has 1 rings (SSSR count). The highest BCUT2D eigenvalue weighted by molar-refractivity contribution is 9.10. The Balaban J connectivity index is 2.28. The van der Waals surface area contributed by atoms with E-state index in [4.69, 9.17) is 4.42 Å². The summed E-state index contributed by atoms with van der Waals surface area (Å²) in [5, 5.41) is 5.31. The molecule has 0 saturated carbocycles. The fourth-order valence-electron chi connectivity index (χ4n) is 1.58. The van der Waals surface area contributed by atoms with Crippen LogP contribution in [0.15, 0.2) is 21.2 Å². The maximum Gasteiger partial charge on any atom is 0.287 e. The van der Waals surface area contributed by atoms with Gasteiger partial charge in [-0.2, -0.15) is 0 Å². The lowest BCUT2D eigenvalue weighted by Crippen LogP contribution is -2.38. The van der Waals surface area contributed by atoms with Crippen molar-refractivity contribution in [2.24, 2.45) is 5.92 Å². The summed E-state index contributed by atoms with van der Waals surface area (Å²) >= 11 is 3.11. The fraction of sp³-hybridized carbons (Fsp3) is 0.538. The molecule has 1 aromatic heterocycles. The highest BCUT2D eigenvalue weighted by Gasteiger charge is 2.12. The molecule has 6 heteroatoms. The molecule has 19 heavy (non-hydrogen) atoms. The van der Waals surface area contributed by atoms with E-state index in [0.29, 0.717) is 17.1 Å². The second-order valence-electron chi connectivity index (χ2n) is 4.27. The first-order valence-electron chi connectivity index (χ1n) is 6.37. The maximum absolute atomic E-state index is 11.6.